The van der Waals surface area contributed by atoms with E-state index in [9.17, 15) is 4.79 Å². The average Bonchev–Trinajstić information content (AvgIpc) is 3.17. The number of unbranched alkanes of at least 4 members (excludes halogenated alkanes) is 2. The minimum absolute atomic E-state index is 0. The first kappa shape index (κ1) is 26.7. The number of nitrogens with zero attached hydrogens (tertiary/aromatic N) is 2. The molecule has 2 aromatic carbocycles. The molecule has 31 heavy (non-hydrogen) atoms. The van der Waals surface area contributed by atoms with E-state index < -0.39 is 6.04 Å². The highest BCUT2D eigenvalue weighted by Gasteiger charge is 2.16. The van der Waals surface area contributed by atoms with Gasteiger partial charge in [0.2, 0.25) is 5.91 Å². The second-order valence-corrected chi connectivity index (χ2v) is 7.48. The Kier molecular flexibility index (Phi) is 11.9. The van der Waals surface area contributed by atoms with Crippen molar-refractivity contribution in [2.24, 2.45) is 5.73 Å². The number of amides is 1. The Labute approximate surface area is 197 Å². The van der Waals surface area contributed by atoms with Crippen LogP contribution in [0.5, 0.6) is 0 Å². The summed E-state index contributed by atoms with van der Waals surface area (Å²) in [5.41, 5.74) is 10.2. The minimum Gasteiger partial charge on any atom is -0.333 e. The van der Waals surface area contributed by atoms with Gasteiger partial charge in [-0.25, -0.2) is 4.98 Å². The normalized spacial score (nSPS) is 11.2. The highest BCUT2D eigenvalue weighted by atomic mass is 35.5. The molecule has 0 aliphatic heterocycles. The standard InChI is InChI=1S/C24H30N4O.2ClH/c1-2-3-5-8-19-11-13-21(14-12-19)27-24(29)23(25)15-22-17-28(18-26-22)16-20-9-6-4-7-10-20;;/h4,6-7,9-14,17-18,23H,2-3,5,8,15-16,25H2,1H3,(H,27,29);2*1H/t23-;;/m0../s1. The molecule has 0 spiro atoms. The molecule has 7 heteroatoms. The molecule has 0 aliphatic rings. The Hall–Kier alpha value is -2.34. The topological polar surface area (TPSA) is 72.9 Å². The second-order valence-electron chi connectivity index (χ2n) is 7.48. The lowest BCUT2D eigenvalue weighted by molar-refractivity contribution is -0.117. The maximum Gasteiger partial charge on any atom is 0.241 e. The van der Waals surface area contributed by atoms with Crippen LogP contribution in [0.25, 0.3) is 0 Å². The van der Waals surface area contributed by atoms with Gasteiger partial charge in [-0.2, -0.15) is 0 Å². The summed E-state index contributed by atoms with van der Waals surface area (Å²) in [6, 6.07) is 17.6. The zero-order valence-electron chi connectivity index (χ0n) is 17.9. The second kappa shape index (κ2) is 13.9. The van der Waals surface area contributed by atoms with Crippen LogP contribution < -0.4 is 11.1 Å². The van der Waals surface area contributed by atoms with Crippen LogP contribution in [0.1, 0.15) is 43.0 Å². The van der Waals surface area contributed by atoms with Crippen molar-refractivity contribution in [2.75, 3.05) is 5.32 Å². The number of hydrogen-bond donors (Lipinski definition) is 2. The van der Waals surface area contributed by atoms with Crippen LogP contribution in [0, 0.1) is 0 Å². The molecule has 1 atom stereocenters. The van der Waals surface area contributed by atoms with Crippen LogP contribution in [0.15, 0.2) is 67.1 Å². The molecule has 0 fully saturated rings. The van der Waals surface area contributed by atoms with Crippen LogP contribution in [0.2, 0.25) is 0 Å². The first-order valence-corrected chi connectivity index (χ1v) is 10.3. The van der Waals surface area contributed by atoms with Crippen molar-refractivity contribution in [1.29, 1.82) is 0 Å². The van der Waals surface area contributed by atoms with E-state index >= 15 is 0 Å². The maximum atomic E-state index is 12.4. The molecule has 3 aromatic rings. The summed E-state index contributed by atoms with van der Waals surface area (Å²) in [6.07, 6.45) is 8.88. The first-order valence-electron chi connectivity index (χ1n) is 10.3. The fraction of sp³-hybridized carbons (Fsp3) is 0.333. The lowest BCUT2D eigenvalue weighted by Gasteiger charge is -2.11. The highest BCUT2D eigenvalue weighted by molar-refractivity contribution is 5.94. The number of halogens is 2. The van der Waals surface area contributed by atoms with Crippen molar-refractivity contribution in [3.63, 3.8) is 0 Å². The van der Waals surface area contributed by atoms with E-state index in [1.165, 1.54) is 30.4 Å². The summed E-state index contributed by atoms with van der Waals surface area (Å²) in [7, 11) is 0. The lowest BCUT2D eigenvalue weighted by atomic mass is 10.1. The molecular weight excluding hydrogens is 431 g/mol. The van der Waals surface area contributed by atoms with Gasteiger partial charge >= 0.3 is 0 Å². The van der Waals surface area contributed by atoms with Crippen LogP contribution >= 0.6 is 24.8 Å². The third-order valence-corrected chi connectivity index (χ3v) is 4.95. The van der Waals surface area contributed by atoms with E-state index in [-0.39, 0.29) is 30.7 Å². The molecule has 3 N–H and O–H groups in total. The van der Waals surface area contributed by atoms with Crippen molar-refractivity contribution in [2.45, 2.75) is 51.6 Å². The molecular formula is C24H32Cl2N4O. The van der Waals surface area contributed by atoms with Crippen molar-refractivity contribution < 1.29 is 4.79 Å². The Morgan fingerprint density at radius 3 is 2.42 bits per heavy atom. The number of benzene rings is 2. The number of nitrogens with two attached hydrogens (primary N) is 1. The van der Waals surface area contributed by atoms with Crippen LogP contribution in [-0.4, -0.2) is 21.5 Å². The summed E-state index contributed by atoms with van der Waals surface area (Å²) in [6.45, 7) is 2.95. The van der Waals surface area contributed by atoms with Crippen LogP contribution in [0.3, 0.4) is 0 Å². The molecule has 0 radical (unpaired) electrons. The van der Waals surface area contributed by atoms with Gasteiger partial charge in [-0.05, 0) is 36.1 Å². The Morgan fingerprint density at radius 1 is 1.03 bits per heavy atom. The van der Waals surface area contributed by atoms with Gasteiger partial charge in [0.05, 0.1) is 18.1 Å². The molecule has 1 amide bonds. The van der Waals surface area contributed by atoms with E-state index in [0.29, 0.717) is 6.42 Å². The van der Waals surface area contributed by atoms with Gasteiger partial charge in [-0.3, -0.25) is 4.79 Å². The van der Waals surface area contributed by atoms with E-state index in [2.05, 4.69) is 41.5 Å². The molecule has 0 bridgehead atoms. The number of imidazole rings is 1. The number of nitrogens with one attached hydrogen (secondary N) is 1. The van der Waals surface area contributed by atoms with Crippen molar-refractivity contribution >= 4 is 36.4 Å². The molecule has 1 aromatic heterocycles. The molecule has 0 unspecified atom stereocenters. The Morgan fingerprint density at radius 2 is 1.74 bits per heavy atom. The zero-order chi connectivity index (χ0) is 20.5. The summed E-state index contributed by atoms with van der Waals surface area (Å²) in [4.78, 5) is 16.8. The van der Waals surface area contributed by atoms with Gasteiger partial charge in [0, 0.05) is 24.8 Å². The quantitative estimate of drug-likeness (QED) is 0.415. The number of carbonyl (C=O) groups excluding carboxylic acids is 1. The van der Waals surface area contributed by atoms with E-state index in [1.807, 2.05) is 41.1 Å². The number of rotatable bonds is 10. The highest BCUT2D eigenvalue weighted by Crippen LogP contribution is 2.13. The third-order valence-electron chi connectivity index (χ3n) is 4.95. The molecule has 0 aliphatic carbocycles. The van der Waals surface area contributed by atoms with Gasteiger partial charge in [0.1, 0.15) is 0 Å². The number of carbonyl (C=O) groups is 1. The molecule has 3 rings (SSSR count). The zero-order valence-corrected chi connectivity index (χ0v) is 19.5. The van der Waals surface area contributed by atoms with Gasteiger partial charge in [-0.15, -0.1) is 24.8 Å². The first-order chi connectivity index (χ1) is 14.1. The number of anilines is 1. The Bertz CT molecular complexity index is 897. The predicted octanol–water partition coefficient (Wildman–Crippen LogP) is 5.02. The van der Waals surface area contributed by atoms with E-state index in [1.54, 1.807) is 6.33 Å². The van der Waals surface area contributed by atoms with Crippen LogP contribution in [0.4, 0.5) is 5.69 Å². The molecule has 0 saturated heterocycles. The van der Waals surface area contributed by atoms with Gasteiger partial charge in [0.25, 0.3) is 0 Å². The molecule has 168 valence electrons. The van der Waals surface area contributed by atoms with Crippen molar-refractivity contribution in [3.05, 3.63) is 83.9 Å². The fourth-order valence-corrected chi connectivity index (χ4v) is 3.28. The molecule has 5 nitrogen and oxygen atoms in total. The van der Waals surface area contributed by atoms with Gasteiger partial charge < -0.3 is 15.6 Å². The number of aryl methyl sites for hydroxylation is 1. The summed E-state index contributed by atoms with van der Waals surface area (Å²) >= 11 is 0. The van der Waals surface area contributed by atoms with Crippen molar-refractivity contribution in [1.82, 2.24) is 9.55 Å². The van der Waals surface area contributed by atoms with Gasteiger partial charge in [-0.1, -0.05) is 62.2 Å². The minimum atomic E-state index is -0.640. The average molecular weight is 463 g/mol. The SMILES string of the molecule is CCCCCc1ccc(NC(=O)[C@@H](N)Cc2cn(Cc3ccccc3)cn2)cc1.Cl.Cl. The number of aromatic nitrogens is 2. The number of hydrogen-bond acceptors (Lipinski definition) is 3. The summed E-state index contributed by atoms with van der Waals surface area (Å²) in [5.74, 6) is -0.193. The van der Waals surface area contributed by atoms with Crippen molar-refractivity contribution in [3.8, 4) is 0 Å². The van der Waals surface area contributed by atoms with Gasteiger partial charge in [0.15, 0.2) is 0 Å². The Balaban J connectivity index is 0.00000240. The fourth-order valence-electron chi connectivity index (χ4n) is 3.28. The lowest BCUT2D eigenvalue weighted by Crippen LogP contribution is -2.37. The van der Waals surface area contributed by atoms with Crippen LogP contribution in [-0.2, 0) is 24.2 Å². The monoisotopic (exact) mass is 462 g/mol. The maximum absolute atomic E-state index is 12.4. The predicted molar refractivity (Wildman–Crippen MR) is 132 cm³/mol. The third kappa shape index (κ3) is 8.74. The van der Waals surface area contributed by atoms with E-state index in [0.717, 1.165) is 24.3 Å². The van der Waals surface area contributed by atoms with E-state index in [4.69, 9.17) is 5.73 Å². The molecule has 1 heterocycles. The smallest absolute Gasteiger partial charge is 0.241 e. The molecule has 0 saturated carbocycles. The summed E-state index contributed by atoms with van der Waals surface area (Å²) < 4.78 is 2.01. The summed E-state index contributed by atoms with van der Waals surface area (Å²) in [5, 5.41) is 2.90. The largest absolute Gasteiger partial charge is 0.333 e.